The maximum atomic E-state index is 11.5. The Morgan fingerprint density at radius 1 is 1.29 bits per heavy atom. The lowest BCUT2D eigenvalue weighted by atomic mass is 10.2. The van der Waals surface area contributed by atoms with Gasteiger partial charge < -0.3 is 10.7 Å². The summed E-state index contributed by atoms with van der Waals surface area (Å²) in [6, 6.07) is 0. The number of nitrogens with zero attached hydrogens (tertiary/aromatic N) is 2. The van der Waals surface area contributed by atoms with Crippen molar-refractivity contribution in [2.24, 2.45) is 0 Å². The molecule has 0 radical (unpaired) electrons. The number of aromatic amines is 2. The number of nitrogens with one attached hydrogen (secondary N) is 2. The van der Waals surface area contributed by atoms with Gasteiger partial charge in [0.1, 0.15) is 5.82 Å². The van der Waals surface area contributed by atoms with Gasteiger partial charge >= 0.3 is 0 Å². The van der Waals surface area contributed by atoms with Crippen LogP contribution in [0.2, 0.25) is 0 Å². The molecule has 0 saturated carbocycles. The summed E-state index contributed by atoms with van der Waals surface area (Å²) in [6.45, 7) is 3.67. The molecule has 2 rings (SSSR count). The lowest BCUT2D eigenvalue weighted by Gasteiger charge is -1.94. The van der Waals surface area contributed by atoms with Gasteiger partial charge in [-0.2, -0.15) is 4.98 Å². The molecule has 0 aliphatic rings. The quantitative estimate of drug-likeness (QED) is 0.532. The number of H-pyrrole nitrogens is 2. The first kappa shape index (κ1) is 11.4. The first-order valence-corrected chi connectivity index (χ1v) is 5.56. The van der Waals surface area contributed by atoms with Gasteiger partial charge in [0.15, 0.2) is 11.2 Å². The normalized spacial score (nSPS) is 10.8. The first-order chi connectivity index (χ1) is 8.20. The summed E-state index contributed by atoms with van der Waals surface area (Å²) >= 11 is 0. The van der Waals surface area contributed by atoms with E-state index in [0.29, 0.717) is 11.2 Å². The van der Waals surface area contributed by atoms with Crippen LogP contribution < -0.4 is 11.3 Å². The molecule has 4 N–H and O–H groups in total. The Bertz CT molecular complexity index is 583. The molecule has 0 saturated heterocycles. The molecule has 0 unspecified atom stereocenters. The van der Waals surface area contributed by atoms with Gasteiger partial charge in [0, 0.05) is 6.42 Å². The molecule has 0 aliphatic carbocycles. The van der Waals surface area contributed by atoms with E-state index >= 15 is 0 Å². The maximum Gasteiger partial charge on any atom is 0.278 e. The van der Waals surface area contributed by atoms with Gasteiger partial charge in [-0.05, 0) is 19.3 Å². The second kappa shape index (κ2) is 4.82. The minimum atomic E-state index is -0.280. The van der Waals surface area contributed by atoms with Gasteiger partial charge in [0.25, 0.3) is 5.56 Å². The molecule has 2 aromatic rings. The molecule has 0 atom stereocenters. The van der Waals surface area contributed by atoms with E-state index in [1.54, 1.807) is 0 Å². The number of aryl methyl sites for hydroxylation is 1. The minimum Gasteiger partial charge on any atom is -0.369 e. The van der Waals surface area contributed by atoms with Crippen molar-refractivity contribution in [3.8, 4) is 0 Å². The van der Waals surface area contributed by atoms with E-state index in [2.05, 4.69) is 26.5 Å². The fourth-order valence-electron chi connectivity index (χ4n) is 1.67. The number of fused-ring (bicyclic) bond motifs is 1. The Balaban J connectivity index is 2.17. The fraction of sp³-hybridized carbons (Fsp3) is 0.364. The molecule has 0 aromatic carbocycles. The van der Waals surface area contributed by atoms with Gasteiger partial charge in [-0.25, -0.2) is 4.98 Å². The molecule has 0 spiro atoms. The summed E-state index contributed by atoms with van der Waals surface area (Å²) in [6.07, 6.45) is 5.74. The Labute approximate surface area is 98.0 Å². The Hall–Kier alpha value is -2.11. The predicted octanol–water partition coefficient (Wildman–Crippen LogP) is 1.13. The van der Waals surface area contributed by atoms with Crippen molar-refractivity contribution < 1.29 is 0 Å². The van der Waals surface area contributed by atoms with Crippen LogP contribution in [0.4, 0.5) is 5.95 Å². The highest BCUT2D eigenvalue weighted by molar-refractivity contribution is 5.70. The number of anilines is 1. The average Bonchev–Trinajstić information content (AvgIpc) is 2.67. The van der Waals surface area contributed by atoms with Crippen molar-refractivity contribution in [3.63, 3.8) is 0 Å². The Morgan fingerprint density at radius 3 is 2.88 bits per heavy atom. The van der Waals surface area contributed by atoms with Crippen molar-refractivity contribution >= 4 is 17.1 Å². The molecule has 6 heteroatoms. The van der Waals surface area contributed by atoms with Gasteiger partial charge in [-0.3, -0.25) is 9.78 Å². The second-order valence-corrected chi connectivity index (χ2v) is 3.87. The lowest BCUT2D eigenvalue weighted by Crippen LogP contribution is -2.10. The molecule has 0 amide bonds. The molecule has 2 aromatic heterocycles. The van der Waals surface area contributed by atoms with Crippen LogP contribution in [0.25, 0.3) is 11.2 Å². The number of aromatic nitrogens is 4. The van der Waals surface area contributed by atoms with Crippen molar-refractivity contribution in [2.45, 2.75) is 25.7 Å². The van der Waals surface area contributed by atoms with E-state index in [1.807, 2.05) is 6.08 Å². The zero-order valence-electron chi connectivity index (χ0n) is 9.49. The van der Waals surface area contributed by atoms with E-state index in [0.717, 1.165) is 31.5 Å². The standard InChI is InChI=1S/C11H15N5O/c1-2-3-4-5-6-7-13-8-9(14-7)15-11(12)16-10(8)17/h2H,1,3-6H2,(H4,12,13,14,15,16,17). The molecule has 0 fully saturated rings. The van der Waals surface area contributed by atoms with E-state index in [-0.39, 0.29) is 11.5 Å². The summed E-state index contributed by atoms with van der Waals surface area (Å²) in [5, 5.41) is 0. The monoisotopic (exact) mass is 233 g/mol. The van der Waals surface area contributed by atoms with Crippen LogP contribution in [0.1, 0.15) is 25.1 Å². The van der Waals surface area contributed by atoms with Crippen molar-refractivity contribution in [1.82, 2.24) is 19.9 Å². The zero-order valence-corrected chi connectivity index (χ0v) is 9.49. The number of hydrogen-bond donors (Lipinski definition) is 3. The van der Waals surface area contributed by atoms with Gasteiger partial charge in [0.2, 0.25) is 5.95 Å². The maximum absolute atomic E-state index is 11.5. The largest absolute Gasteiger partial charge is 0.369 e. The average molecular weight is 233 g/mol. The van der Waals surface area contributed by atoms with Crippen LogP contribution >= 0.6 is 0 Å². The van der Waals surface area contributed by atoms with Crippen LogP contribution in [-0.4, -0.2) is 19.9 Å². The highest BCUT2D eigenvalue weighted by Crippen LogP contribution is 2.08. The van der Waals surface area contributed by atoms with Crippen LogP contribution in [-0.2, 0) is 6.42 Å². The summed E-state index contributed by atoms with van der Waals surface area (Å²) in [5.74, 6) is 0.861. The van der Waals surface area contributed by atoms with Crippen LogP contribution in [0.3, 0.4) is 0 Å². The summed E-state index contributed by atoms with van der Waals surface area (Å²) in [5.41, 5.74) is 5.93. The van der Waals surface area contributed by atoms with Crippen molar-refractivity contribution in [2.75, 3.05) is 5.73 Å². The first-order valence-electron chi connectivity index (χ1n) is 5.56. The van der Waals surface area contributed by atoms with Crippen molar-refractivity contribution in [3.05, 3.63) is 28.8 Å². The number of nitrogens with two attached hydrogens (primary N) is 1. The van der Waals surface area contributed by atoms with Gasteiger partial charge in [0.05, 0.1) is 0 Å². The van der Waals surface area contributed by atoms with E-state index < -0.39 is 0 Å². The number of hydrogen-bond acceptors (Lipinski definition) is 4. The smallest absolute Gasteiger partial charge is 0.278 e. The van der Waals surface area contributed by atoms with E-state index in [9.17, 15) is 4.79 Å². The van der Waals surface area contributed by atoms with Gasteiger partial charge in [-0.15, -0.1) is 6.58 Å². The highest BCUT2D eigenvalue weighted by atomic mass is 16.1. The molecule has 0 aliphatic heterocycles. The minimum absolute atomic E-state index is 0.0900. The SMILES string of the molecule is C=CCCCCc1nc2nc(N)[nH]c(=O)c2[nH]1. The topological polar surface area (TPSA) is 100 Å². The van der Waals surface area contributed by atoms with Crippen LogP contribution in [0.15, 0.2) is 17.4 Å². The highest BCUT2D eigenvalue weighted by Gasteiger charge is 2.07. The Morgan fingerprint density at radius 2 is 2.12 bits per heavy atom. The molecule has 90 valence electrons. The number of rotatable bonds is 5. The number of unbranched alkanes of at least 4 members (excludes halogenated alkanes) is 2. The molecule has 2 heterocycles. The second-order valence-electron chi connectivity index (χ2n) is 3.87. The Kier molecular flexibility index (Phi) is 3.22. The molecule has 0 bridgehead atoms. The molecular weight excluding hydrogens is 218 g/mol. The predicted molar refractivity (Wildman–Crippen MR) is 66.7 cm³/mol. The van der Waals surface area contributed by atoms with Gasteiger partial charge in [-0.1, -0.05) is 6.08 Å². The van der Waals surface area contributed by atoms with E-state index in [1.165, 1.54) is 0 Å². The number of nitrogen functional groups attached to an aromatic ring is 1. The summed E-state index contributed by atoms with van der Waals surface area (Å²) in [7, 11) is 0. The molecule has 17 heavy (non-hydrogen) atoms. The lowest BCUT2D eigenvalue weighted by molar-refractivity contribution is 0.726. The third kappa shape index (κ3) is 2.52. The van der Waals surface area contributed by atoms with Crippen LogP contribution in [0.5, 0.6) is 0 Å². The number of imidazole rings is 1. The number of allylic oxidation sites excluding steroid dienone is 1. The van der Waals surface area contributed by atoms with Crippen LogP contribution in [0, 0.1) is 0 Å². The van der Waals surface area contributed by atoms with Crippen molar-refractivity contribution in [1.29, 1.82) is 0 Å². The fourth-order valence-corrected chi connectivity index (χ4v) is 1.67. The third-order valence-corrected chi connectivity index (χ3v) is 2.50. The zero-order chi connectivity index (χ0) is 12.3. The molecular formula is C11H15N5O. The summed E-state index contributed by atoms with van der Waals surface area (Å²) < 4.78 is 0. The van der Waals surface area contributed by atoms with E-state index in [4.69, 9.17) is 5.73 Å². The third-order valence-electron chi connectivity index (χ3n) is 2.50. The summed E-state index contributed by atoms with van der Waals surface area (Å²) in [4.78, 5) is 25.1. The molecule has 6 nitrogen and oxygen atoms in total.